The molecular weight excluding hydrogens is 201 g/mol. The third-order valence-electron chi connectivity index (χ3n) is 3.28. The minimum absolute atomic E-state index is 0.615. The molecule has 16 heavy (non-hydrogen) atoms. The van der Waals surface area contributed by atoms with Crippen LogP contribution in [0.2, 0.25) is 0 Å². The summed E-state index contributed by atoms with van der Waals surface area (Å²) in [6, 6.07) is 8.53. The third kappa shape index (κ3) is 2.82. The van der Waals surface area contributed by atoms with Crippen LogP contribution >= 0.6 is 0 Å². The Morgan fingerprint density at radius 1 is 1.31 bits per heavy atom. The molecule has 1 N–H and O–H groups in total. The summed E-state index contributed by atoms with van der Waals surface area (Å²) in [5, 5.41) is 3.48. The van der Waals surface area contributed by atoms with E-state index in [1.807, 2.05) is 12.1 Å². The van der Waals surface area contributed by atoms with Gasteiger partial charge in [-0.15, -0.1) is 0 Å². The summed E-state index contributed by atoms with van der Waals surface area (Å²) in [4.78, 5) is 0. The number of benzene rings is 1. The number of rotatable bonds is 3. The molecule has 1 aromatic rings. The molecule has 0 radical (unpaired) electrons. The Kier molecular flexibility index (Phi) is 3.29. The third-order valence-corrected chi connectivity index (χ3v) is 3.28. The van der Waals surface area contributed by atoms with Crippen molar-refractivity contribution in [3.05, 3.63) is 35.4 Å². The van der Waals surface area contributed by atoms with Gasteiger partial charge in [0.05, 0.1) is 0 Å². The van der Waals surface area contributed by atoms with Crippen molar-refractivity contribution in [2.75, 3.05) is 6.54 Å². The van der Waals surface area contributed by atoms with Crippen LogP contribution < -0.4 is 5.32 Å². The summed E-state index contributed by atoms with van der Waals surface area (Å²) in [5.74, 6) is 0. The predicted molar refractivity (Wildman–Crippen MR) is 65.3 cm³/mol. The molecule has 0 saturated carbocycles. The highest BCUT2D eigenvalue weighted by atomic mass is 19.1. The molecule has 1 aliphatic heterocycles. The molecule has 1 aliphatic rings. The Morgan fingerprint density at radius 3 is 2.50 bits per heavy atom. The molecule has 0 aliphatic carbocycles. The van der Waals surface area contributed by atoms with Gasteiger partial charge in [0.2, 0.25) is 0 Å². The average Bonchev–Trinajstić information content (AvgIpc) is 2.70. The second-order valence-electron chi connectivity index (χ2n) is 5.17. The minimum atomic E-state index is -1.23. The van der Waals surface area contributed by atoms with E-state index in [-0.39, 0.29) is 0 Å². The van der Waals surface area contributed by atoms with Gasteiger partial charge in [-0.25, -0.2) is 4.39 Å². The second kappa shape index (κ2) is 4.54. The van der Waals surface area contributed by atoms with Gasteiger partial charge in [0.1, 0.15) is 5.67 Å². The smallest absolute Gasteiger partial charge is 0.130 e. The van der Waals surface area contributed by atoms with Gasteiger partial charge in [0.25, 0.3) is 0 Å². The topological polar surface area (TPSA) is 12.0 Å². The number of hydrogen-bond acceptors (Lipinski definition) is 1. The first-order chi connectivity index (χ1) is 7.55. The first-order valence-electron chi connectivity index (χ1n) is 6.07. The van der Waals surface area contributed by atoms with Gasteiger partial charge >= 0.3 is 0 Å². The maximum Gasteiger partial charge on any atom is 0.130 e. The molecule has 2 heteroatoms. The quantitative estimate of drug-likeness (QED) is 0.826. The lowest BCUT2D eigenvalue weighted by Gasteiger charge is -2.16. The van der Waals surface area contributed by atoms with Gasteiger partial charge in [-0.05, 0) is 50.8 Å². The maximum atomic E-state index is 13.6. The molecule has 88 valence electrons. The second-order valence-corrected chi connectivity index (χ2v) is 5.17. The van der Waals surface area contributed by atoms with E-state index >= 15 is 0 Å². The van der Waals surface area contributed by atoms with E-state index in [0.29, 0.717) is 6.04 Å². The number of hydrogen-bond donors (Lipinski definition) is 1. The van der Waals surface area contributed by atoms with Crippen molar-refractivity contribution in [2.45, 2.75) is 44.8 Å². The van der Waals surface area contributed by atoms with Crippen LogP contribution in [0.15, 0.2) is 24.3 Å². The van der Waals surface area contributed by atoms with Gasteiger partial charge in [-0.1, -0.05) is 24.3 Å². The van der Waals surface area contributed by atoms with Crippen LogP contribution in [0.4, 0.5) is 4.39 Å². The number of halogens is 1. The summed E-state index contributed by atoms with van der Waals surface area (Å²) in [5.41, 5.74) is 0.826. The van der Waals surface area contributed by atoms with E-state index in [1.165, 1.54) is 18.4 Å². The molecule has 0 bridgehead atoms. The molecule has 1 nitrogen and oxygen atoms in total. The van der Waals surface area contributed by atoms with E-state index in [0.717, 1.165) is 18.5 Å². The van der Waals surface area contributed by atoms with Crippen LogP contribution in [0.3, 0.4) is 0 Å². The van der Waals surface area contributed by atoms with E-state index in [2.05, 4.69) is 17.4 Å². The van der Waals surface area contributed by atoms with Crippen LogP contribution in [0.25, 0.3) is 0 Å². The van der Waals surface area contributed by atoms with Gasteiger partial charge in [0.15, 0.2) is 0 Å². The Labute approximate surface area is 97.1 Å². The molecule has 1 unspecified atom stereocenters. The van der Waals surface area contributed by atoms with E-state index in [4.69, 9.17) is 0 Å². The molecular formula is C14H20FN. The Bertz CT molecular complexity index is 331. The van der Waals surface area contributed by atoms with E-state index in [1.54, 1.807) is 13.8 Å². The molecule has 1 saturated heterocycles. The standard InChI is InChI=1S/C14H20FN/c1-14(2,15)12-7-5-11(6-8-12)10-13-4-3-9-16-13/h5-8,13,16H,3-4,9-10H2,1-2H3. The molecule has 1 aromatic carbocycles. The predicted octanol–water partition coefficient (Wildman–Crippen LogP) is 3.19. The normalized spacial score (nSPS) is 21.3. The fourth-order valence-corrected chi connectivity index (χ4v) is 2.25. The van der Waals surface area contributed by atoms with E-state index in [9.17, 15) is 4.39 Å². The highest BCUT2D eigenvalue weighted by Crippen LogP contribution is 2.25. The van der Waals surface area contributed by atoms with Crippen molar-refractivity contribution in [2.24, 2.45) is 0 Å². The first-order valence-corrected chi connectivity index (χ1v) is 6.07. The van der Waals surface area contributed by atoms with Crippen LogP contribution in [0.1, 0.15) is 37.8 Å². The lowest BCUT2D eigenvalue weighted by molar-refractivity contribution is 0.221. The van der Waals surface area contributed by atoms with Crippen molar-refractivity contribution < 1.29 is 4.39 Å². The van der Waals surface area contributed by atoms with Crippen molar-refractivity contribution in [1.82, 2.24) is 5.32 Å². The lowest BCUT2D eigenvalue weighted by Crippen LogP contribution is -2.23. The van der Waals surface area contributed by atoms with Crippen LogP contribution in [-0.4, -0.2) is 12.6 Å². The number of nitrogens with one attached hydrogen (secondary N) is 1. The van der Waals surface area contributed by atoms with Gasteiger partial charge in [0, 0.05) is 6.04 Å². The summed E-state index contributed by atoms with van der Waals surface area (Å²) < 4.78 is 13.6. The summed E-state index contributed by atoms with van der Waals surface area (Å²) >= 11 is 0. The van der Waals surface area contributed by atoms with Crippen LogP contribution in [0.5, 0.6) is 0 Å². The highest BCUT2D eigenvalue weighted by molar-refractivity contribution is 5.27. The summed E-state index contributed by atoms with van der Waals surface area (Å²) in [6.45, 7) is 4.33. The summed E-state index contributed by atoms with van der Waals surface area (Å²) in [7, 11) is 0. The Morgan fingerprint density at radius 2 is 2.00 bits per heavy atom. The van der Waals surface area contributed by atoms with Crippen LogP contribution in [-0.2, 0) is 12.1 Å². The average molecular weight is 221 g/mol. The largest absolute Gasteiger partial charge is 0.314 e. The summed E-state index contributed by atoms with van der Waals surface area (Å²) in [6.07, 6.45) is 3.60. The lowest BCUT2D eigenvalue weighted by atomic mass is 9.97. The molecule has 1 fully saturated rings. The zero-order valence-electron chi connectivity index (χ0n) is 10.1. The monoisotopic (exact) mass is 221 g/mol. The highest BCUT2D eigenvalue weighted by Gasteiger charge is 2.19. The van der Waals surface area contributed by atoms with Gasteiger partial charge in [-0.3, -0.25) is 0 Å². The van der Waals surface area contributed by atoms with E-state index < -0.39 is 5.67 Å². The molecule has 0 amide bonds. The molecule has 0 spiro atoms. The van der Waals surface area contributed by atoms with Crippen LogP contribution in [0, 0.1) is 0 Å². The van der Waals surface area contributed by atoms with Crippen molar-refractivity contribution in [3.8, 4) is 0 Å². The molecule has 1 atom stereocenters. The zero-order chi connectivity index (χ0) is 11.6. The SMILES string of the molecule is CC(C)(F)c1ccc(CC2CCCN2)cc1. The molecule has 1 heterocycles. The van der Waals surface area contributed by atoms with Gasteiger partial charge in [-0.2, -0.15) is 0 Å². The zero-order valence-corrected chi connectivity index (χ0v) is 10.1. The Balaban J connectivity index is 2.01. The van der Waals surface area contributed by atoms with Crippen molar-refractivity contribution in [1.29, 1.82) is 0 Å². The minimum Gasteiger partial charge on any atom is -0.314 e. The van der Waals surface area contributed by atoms with Crippen molar-refractivity contribution in [3.63, 3.8) is 0 Å². The Hall–Kier alpha value is -0.890. The molecule has 2 rings (SSSR count). The fraction of sp³-hybridized carbons (Fsp3) is 0.571. The molecule has 0 aromatic heterocycles. The van der Waals surface area contributed by atoms with Crippen molar-refractivity contribution >= 4 is 0 Å². The first kappa shape index (κ1) is 11.6. The number of alkyl halides is 1. The maximum absolute atomic E-state index is 13.6. The van der Waals surface area contributed by atoms with Gasteiger partial charge < -0.3 is 5.32 Å². The fourth-order valence-electron chi connectivity index (χ4n) is 2.25.